The zero-order valence-electron chi connectivity index (χ0n) is 9.59. The first-order valence-electron chi connectivity index (χ1n) is 5.08. The predicted molar refractivity (Wildman–Crippen MR) is 67.0 cm³/mol. The molecule has 0 saturated carbocycles. The number of halogens is 1. The van der Waals surface area contributed by atoms with Gasteiger partial charge in [0.05, 0.1) is 11.4 Å². The quantitative estimate of drug-likeness (QED) is 0.830. The Morgan fingerprint density at radius 1 is 1.33 bits per heavy atom. The third-order valence-corrected chi connectivity index (χ3v) is 3.73. The Balaban J connectivity index is 2.30. The van der Waals surface area contributed by atoms with Crippen molar-refractivity contribution < 1.29 is 12.8 Å². The van der Waals surface area contributed by atoms with Crippen LogP contribution >= 0.6 is 0 Å². The van der Waals surface area contributed by atoms with Gasteiger partial charge in [0.2, 0.25) is 0 Å². The van der Waals surface area contributed by atoms with Gasteiger partial charge in [0.1, 0.15) is 10.7 Å². The van der Waals surface area contributed by atoms with Gasteiger partial charge in [-0.3, -0.25) is 4.72 Å². The highest BCUT2D eigenvalue weighted by molar-refractivity contribution is 7.92. The van der Waals surface area contributed by atoms with Gasteiger partial charge in [-0.05, 0) is 24.3 Å². The summed E-state index contributed by atoms with van der Waals surface area (Å²) < 4.78 is 40.8. The number of aromatic nitrogens is 1. The number of nitrogen functional groups attached to an aromatic ring is 1. The van der Waals surface area contributed by atoms with Gasteiger partial charge in [-0.2, -0.15) is 0 Å². The molecule has 0 spiro atoms. The average molecular weight is 269 g/mol. The van der Waals surface area contributed by atoms with Gasteiger partial charge in [0, 0.05) is 19.4 Å². The number of sulfonamides is 1. The molecule has 96 valence electrons. The fourth-order valence-electron chi connectivity index (χ4n) is 1.46. The first-order chi connectivity index (χ1) is 8.38. The Hall–Kier alpha value is -2.02. The molecule has 2 rings (SSSR count). The number of hydrogen-bond acceptors (Lipinski definition) is 3. The van der Waals surface area contributed by atoms with Crippen LogP contribution in [-0.4, -0.2) is 13.0 Å². The fourth-order valence-corrected chi connectivity index (χ4v) is 2.56. The van der Waals surface area contributed by atoms with Crippen LogP contribution in [0.5, 0.6) is 0 Å². The van der Waals surface area contributed by atoms with Gasteiger partial charge in [-0.25, -0.2) is 12.8 Å². The highest BCUT2D eigenvalue weighted by atomic mass is 32.2. The molecule has 0 fully saturated rings. The first-order valence-corrected chi connectivity index (χ1v) is 6.56. The number of hydrogen-bond donors (Lipinski definition) is 2. The lowest BCUT2D eigenvalue weighted by atomic mass is 10.3. The SMILES string of the molecule is Cn1ccc(S(=O)(=O)Nc2ccc(F)c(N)c2)c1. The van der Waals surface area contributed by atoms with E-state index in [2.05, 4.69) is 4.72 Å². The van der Waals surface area contributed by atoms with Crippen LogP contribution in [0.3, 0.4) is 0 Å². The van der Waals surface area contributed by atoms with Crippen molar-refractivity contribution in [3.05, 3.63) is 42.5 Å². The topological polar surface area (TPSA) is 77.1 Å². The average Bonchev–Trinajstić information content (AvgIpc) is 2.71. The molecule has 18 heavy (non-hydrogen) atoms. The number of rotatable bonds is 3. The molecule has 0 saturated heterocycles. The maximum absolute atomic E-state index is 13.0. The van der Waals surface area contributed by atoms with Crippen molar-refractivity contribution in [2.24, 2.45) is 7.05 Å². The molecule has 0 aliphatic carbocycles. The summed E-state index contributed by atoms with van der Waals surface area (Å²) >= 11 is 0. The lowest BCUT2D eigenvalue weighted by molar-refractivity contribution is 0.601. The van der Waals surface area contributed by atoms with E-state index in [4.69, 9.17) is 5.73 Å². The summed E-state index contributed by atoms with van der Waals surface area (Å²) in [5.74, 6) is -0.586. The lowest BCUT2D eigenvalue weighted by Gasteiger charge is -2.07. The van der Waals surface area contributed by atoms with Gasteiger partial charge in [0.25, 0.3) is 10.0 Å². The van der Waals surface area contributed by atoms with Crippen molar-refractivity contribution in [3.63, 3.8) is 0 Å². The first kappa shape index (κ1) is 12.4. The van der Waals surface area contributed by atoms with E-state index in [0.29, 0.717) is 0 Å². The largest absolute Gasteiger partial charge is 0.396 e. The minimum absolute atomic E-state index is 0.108. The molecule has 0 unspecified atom stereocenters. The van der Waals surface area contributed by atoms with Crippen molar-refractivity contribution in [1.29, 1.82) is 0 Å². The van der Waals surface area contributed by atoms with E-state index in [0.717, 1.165) is 6.07 Å². The molecule has 1 aromatic heterocycles. The highest BCUT2D eigenvalue weighted by Crippen LogP contribution is 2.20. The molecule has 2 aromatic rings. The zero-order chi connectivity index (χ0) is 13.3. The van der Waals surface area contributed by atoms with Crippen molar-refractivity contribution >= 4 is 21.4 Å². The molecular formula is C11H12FN3O2S. The third-order valence-electron chi connectivity index (χ3n) is 2.36. The highest BCUT2D eigenvalue weighted by Gasteiger charge is 2.15. The maximum atomic E-state index is 13.0. The molecule has 0 radical (unpaired) electrons. The number of nitrogens with zero attached hydrogens (tertiary/aromatic N) is 1. The Morgan fingerprint density at radius 2 is 2.06 bits per heavy atom. The minimum Gasteiger partial charge on any atom is -0.396 e. The number of benzene rings is 1. The second kappa shape index (κ2) is 4.34. The summed E-state index contributed by atoms with van der Waals surface area (Å²) in [6.45, 7) is 0. The molecule has 0 atom stereocenters. The Morgan fingerprint density at radius 3 is 2.61 bits per heavy atom. The smallest absolute Gasteiger partial charge is 0.263 e. The van der Waals surface area contributed by atoms with Gasteiger partial charge >= 0.3 is 0 Å². The van der Waals surface area contributed by atoms with Crippen molar-refractivity contribution in [1.82, 2.24) is 4.57 Å². The van der Waals surface area contributed by atoms with Crippen molar-refractivity contribution in [2.75, 3.05) is 10.5 Å². The van der Waals surface area contributed by atoms with Crippen LogP contribution in [0.25, 0.3) is 0 Å². The number of nitrogens with two attached hydrogens (primary N) is 1. The second-order valence-corrected chi connectivity index (χ2v) is 5.54. The Kier molecular flexibility index (Phi) is 3.00. The van der Waals surface area contributed by atoms with Gasteiger partial charge in [-0.1, -0.05) is 0 Å². The van der Waals surface area contributed by atoms with Crippen molar-refractivity contribution in [3.8, 4) is 0 Å². The van der Waals surface area contributed by atoms with E-state index in [9.17, 15) is 12.8 Å². The molecule has 1 heterocycles. The van der Waals surface area contributed by atoms with Crippen LogP contribution in [0, 0.1) is 5.82 Å². The maximum Gasteiger partial charge on any atom is 0.263 e. The number of nitrogens with one attached hydrogen (secondary N) is 1. The predicted octanol–water partition coefficient (Wildman–Crippen LogP) is 1.55. The molecule has 0 aliphatic rings. The van der Waals surface area contributed by atoms with Crippen LogP contribution in [-0.2, 0) is 17.1 Å². The Bertz CT molecular complexity index is 679. The van der Waals surface area contributed by atoms with Gasteiger partial charge < -0.3 is 10.3 Å². The summed E-state index contributed by atoms with van der Waals surface area (Å²) in [6, 6.07) is 5.12. The minimum atomic E-state index is -3.67. The normalized spacial score (nSPS) is 11.4. The summed E-state index contributed by atoms with van der Waals surface area (Å²) in [5.41, 5.74) is 5.48. The molecule has 1 aromatic carbocycles. The van der Waals surface area contributed by atoms with E-state index in [1.165, 1.54) is 24.4 Å². The van der Waals surface area contributed by atoms with E-state index in [1.54, 1.807) is 17.8 Å². The molecule has 3 N–H and O–H groups in total. The van der Waals surface area contributed by atoms with E-state index in [-0.39, 0.29) is 16.3 Å². The van der Waals surface area contributed by atoms with Gasteiger partial charge in [0.15, 0.2) is 0 Å². The summed E-state index contributed by atoms with van der Waals surface area (Å²) in [5, 5.41) is 0. The molecule has 5 nitrogen and oxygen atoms in total. The van der Waals surface area contributed by atoms with E-state index >= 15 is 0 Å². The molecular weight excluding hydrogens is 257 g/mol. The molecule has 7 heteroatoms. The number of anilines is 2. The van der Waals surface area contributed by atoms with E-state index < -0.39 is 15.8 Å². The van der Waals surface area contributed by atoms with Crippen LogP contribution in [0.15, 0.2) is 41.6 Å². The van der Waals surface area contributed by atoms with Gasteiger partial charge in [-0.15, -0.1) is 0 Å². The summed E-state index contributed by atoms with van der Waals surface area (Å²) in [7, 11) is -1.95. The second-order valence-electron chi connectivity index (χ2n) is 3.85. The zero-order valence-corrected chi connectivity index (χ0v) is 10.4. The van der Waals surface area contributed by atoms with Crippen LogP contribution in [0.1, 0.15) is 0 Å². The monoisotopic (exact) mass is 269 g/mol. The summed E-state index contributed by atoms with van der Waals surface area (Å²) in [6.07, 6.45) is 3.09. The van der Waals surface area contributed by atoms with Crippen LogP contribution in [0.4, 0.5) is 15.8 Å². The standard InChI is InChI=1S/C11H12FN3O2S/c1-15-5-4-9(7-15)18(16,17)14-8-2-3-10(12)11(13)6-8/h2-7,14H,13H2,1H3. The third kappa shape index (κ3) is 2.45. The van der Waals surface area contributed by atoms with Crippen LogP contribution in [0.2, 0.25) is 0 Å². The molecule has 0 amide bonds. The summed E-state index contributed by atoms with van der Waals surface area (Å²) in [4.78, 5) is 0.132. The fraction of sp³-hybridized carbons (Fsp3) is 0.0909. The van der Waals surface area contributed by atoms with Crippen molar-refractivity contribution in [2.45, 2.75) is 4.90 Å². The molecule has 0 bridgehead atoms. The lowest BCUT2D eigenvalue weighted by Crippen LogP contribution is -2.12. The van der Waals surface area contributed by atoms with Crippen LogP contribution < -0.4 is 10.5 Å². The molecule has 0 aliphatic heterocycles. The Labute approximate surface area is 104 Å². The van der Waals surface area contributed by atoms with E-state index in [1.807, 2.05) is 0 Å². The number of aryl methyl sites for hydroxylation is 1.